The molecule has 0 aromatic carbocycles. The summed E-state index contributed by atoms with van der Waals surface area (Å²) in [6.45, 7) is 30.8. The van der Waals surface area contributed by atoms with E-state index in [1.807, 2.05) is 27.7 Å². The third-order valence-electron chi connectivity index (χ3n) is 6.28. The van der Waals surface area contributed by atoms with E-state index in [1.165, 1.54) is 44.9 Å². The average molecular weight is 693 g/mol. The largest absolute Gasteiger partial charge is 2.00 e. The van der Waals surface area contributed by atoms with Crippen molar-refractivity contribution in [2.24, 2.45) is 29.6 Å². The Hall–Kier alpha value is 0.722. The number of hydrogen-bond acceptors (Lipinski definition) is 1. The molecule has 1 fully saturated rings. The van der Waals surface area contributed by atoms with Gasteiger partial charge < -0.3 is 13.8 Å². The molecule has 1 aliphatic carbocycles. The zero-order valence-electron chi connectivity index (χ0n) is 25.2. The number of hydrogen-bond donors (Lipinski definition) is 0. The zero-order valence-corrected chi connectivity index (χ0v) is 29.4. The molecule has 0 N–H and O–H groups in total. The molecular formula is C31H66OU. The molecule has 1 saturated carbocycles. The fourth-order valence-electron chi connectivity index (χ4n) is 3.94. The van der Waals surface area contributed by atoms with Gasteiger partial charge in [-0.25, -0.2) is 0 Å². The van der Waals surface area contributed by atoms with Gasteiger partial charge in [0.2, 0.25) is 0 Å². The van der Waals surface area contributed by atoms with Crippen LogP contribution < -0.4 is 0 Å². The normalized spacial score (nSPS) is 18.2. The van der Waals surface area contributed by atoms with Gasteiger partial charge in [0.05, 0.1) is 0 Å². The second-order valence-corrected chi connectivity index (χ2v) is 9.39. The van der Waals surface area contributed by atoms with Gasteiger partial charge in [-0.3, -0.25) is 4.79 Å². The van der Waals surface area contributed by atoms with Crippen LogP contribution in [-0.4, -0.2) is 5.78 Å². The molecule has 0 saturated heterocycles. The summed E-state index contributed by atoms with van der Waals surface area (Å²) in [5.74, 6) is 3.99. The molecule has 33 heavy (non-hydrogen) atoms. The number of Topliss-reactive ketones (excluding diaryl/α,β-unsaturated/α-hetero) is 1. The third kappa shape index (κ3) is 28.8. The Labute approximate surface area is 237 Å². The van der Waals surface area contributed by atoms with Crippen LogP contribution in [0.2, 0.25) is 0 Å². The maximum Gasteiger partial charge on any atom is 2.00 e. The molecule has 0 aliphatic heterocycles. The first-order chi connectivity index (χ1) is 15.2. The van der Waals surface area contributed by atoms with E-state index in [1.54, 1.807) is 0 Å². The van der Waals surface area contributed by atoms with Crippen LogP contribution in [0, 0.1) is 74.6 Å². The zero-order chi connectivity index (χ0) is 25.9. The second kappa shape index (κ2) is 34.9. The summed E-state index contributed by atoms with van der Waals surface area (Å²) in [5, 5.41) is 0. The molecule has 200 valence electrons. The number of ketones is 1. The van der Waals surface area contributed by atoms with Crippen LogP contribution in [0.3, 0.4) is 0 Å². The smallest absolute Gasteiger partial charge is 0.344 e. The van der Waals surface area contributed by atoms with E-state index in [4.69, 9.17) is 0 Å². The van der Waals surface area contributed by atoms with Crippen LogP contribution >= 0.6 is 0 Å². The summed E-state index contributed by atoms with van der Waals surface area (Å²) in [6, 6.07) is 0. The van der Waals surface area contributed by atoms with Gasteiger partial charge in [0.15, 0.2) is 0 Å². The van der Waals surface area contributed by atoms with Crippen molar-refractivity contribution < 1.29 is 35.9 Å². The van der Waals surface area contributed by atoms with Crippen molar-refractivity contribution in [3.8, 4) is 0 Å². The van der Waals surface area contributed by atoms with Gasteiger partial charge in [0.25, 0.3) is 0 Å². The molecule has 1 aliphatic rings. The van der Waals surface area contributed by atoms with Crippen LogP contribution in [0.5, 0.6) is 0 Å². The summed E-state index contributed by atoms with van der Waals surface area (Å²) in [7, 11) is 0. The molecule has 0 aromatic heterocycles. The topological polar surface area (TPSA) is 17.1 Å². The van der Waals surface area contributed by atoms with E-state index in [0.717, 1.165) is 49.9 Å². The van der Waals surface area contributed by atoms with Gasteiger partial charge in [-0.1, -0.05) is 121 Å². The summed E-state index contributed by atoms with van der Waals surface area (Å²) in [4.78, 5) is 11.8. The van der Waals surface area contributed by atoms with E-state index < -0.39 is 0 Å². The molecule has 2 heteroatoms. The fourth-order valence-corrected chi connectivity index (χ4v) is 3.94. The minimum atomic E-state index is 0. The van der Waals surface area contributed by atoms with Gasteiger partial charge >= 0.3 is 31.1 Å². The maximum atomic E-state index is 11.8. The predicted molar refractivity (Wildman–Crippen MR) is 151 cm³/mol. The Morgan fingerprint density at radius 1 is 0.788 bits per heavy atom. The molecule has 0 spiro atoms. The van der Waals surface area contributed by atoms with Crippen molar-refractivity contribution in [1.82, 2.24) is 0 Å². The predicted octanol–water partition coefficient (Wildman–Crippen LogP) is 11.2. The Morgan fingerprint density at radius 3 is 1.42 bits per heavy atom. The Bertz CT molecular complexity index is 326. The summed E-state index contributed by atoms with van der Waals surface area (Å²) >= 11 is 0. The molecule has 0 amide bonds. The maximum absolute atomic E-state index is 11.8. The minimum Gasteiger partial charge on any atom is -0.344 e. The van der Waals surface area contributed by atoms with Crippen molar-refractivity contribution in [1.29, 1.82) is 0 Å². The van der Waals surface area contributed by atoms with Crippen molar-refractivity contribution in [3.05, 3.63) is 13.8 Å². The first-order valence-corrected chi connectivity index (χ1v) is 14.4. The van der Waals surface area contributed by atoms with E-state index >= 15 is 0 Å². The van der Waals surface area contributed by atoms with Crippen molar-refractivity contribution in [2.45, 2.75) is 153 Å². The Balaban J connectivity index is -0.000000119. The van der Waals surface area contributed by atoms with Crippen molar-refractivity contribution in [3.63, 3.8) is 0 Å². The first kappa shape index (κ1) is 43.8. The SMILES string of the molecule is CC.CCC(C)C(=O)C1CCC(C)CC1.CCCC(CCC)C(C)CC.[CH2-]CC.[CH2-]CC.[U+2]. The quantitative estimate of drug-likeness (QED) is 0.220. The molecule has 0 aromatic rings. The van der Waals surface area contributed by atoms with Crippen molar-refractivity contribution in [2.75, 3.05) is 0 Å². The van der Waals surface area contributed by atoms with Gasteiger partial charge in [-0.05, 0) is 37.0 Å². The molecule has 2 atom stereocenters. The van der Waals surface area contributed by atoms with Crippen LogP contribution in [0.4, 0.5) is 0 Å². The summed E-state index contributed by atoms with van der Waals surface area (Å²) in [5.41, 5.74) is 0. The molecule has 0 radical (unpaired) electrons. The first-order valence-electron chi connectivity index (χ1n) is 14.4. The standard InChI is InChI=1S/C12H22O.C11H24.2C3H7.C2H6.U/c1-4-10(3)12(13)11-7-5-9(2)6-8-11;1-5-8-11(9-6-2)10(4)7-3;2*1-3-2;1-2;/h9-11H,4-8H2,1-3H3;10-11H,5-9H2,1-4H3;2*1,3H2,2H3;1-2H3;/q;;2*-1;;+2. The average Bonchev–Trinajstić information content (AvgIpc) is 2.80. The second-order valence-electron chi connectivity index (χ2n) is 9.39. The van der Waals surface area contributed by atoms with Crippen LogP contribution in [-0.2, 0) is 4.79 Å². The Kier molecular flexibility index (Phi) is 46.3. The molecule has 1 nitrogen and oxygen atoms in total. The number of carbonyl (C=O) groups is 1. The number of rotatable bonds is 9. The molecule has 0 heterocycles. The van der Waals surface area contributed by atoms with Crippen LogP contribution in [0.15, 0.2) is 0 Å². The van der Waals surface area contributed by atoms with Crippen molar-refractivity contribution >= 4 is 5.78 Å². The van der Waals surface area contributed by atoms with Gasteiger partial charge in [-0.2, -0.15) is 12.8 Å². The number of carbonyl (C=O) groups excluding carboxylic acids is 1. The van der Waals surface area contributed by atoms with E-state index in [-0.39, 0.29) is 31.1 Å². The van der Waals surface area contributed by atoms with E-state index in [0.29, 0.717) is 17.6 Å². The van der Waals surface area contributed by atoms with E-state index in [2.05, 4.69) is 62.3 Å². The fraction of sp³-hybridized carbons (Fsp3) is 0.903. The monoisotopic (exact) mass is 693 g/mol. The van der Waals surface area contributed by atoms with Gasteiger partial charge in [0.1, 0.15) is 5.78 Å². The van der Waals surface area contributed by atoms with Gasteiger partial charge in [0, 0.05) is 11.8 Å². The van der Waals surface area contributed by atoms with E-state index in [9.17, 15) is 4.79 Å². The third-order valence-corrected chi connectivity index (χ3v) is 6.28. The summed E-state index contributed by atoms with van der Waals surface area (Å²) < 4.78 is 0. The molecular weight excluding hydrogens is 626 g/mol. The molecule has 1 rings (SSSR count). The summed E-state index contributed by atoms with van der Waals surface area (Å²) in [6.07, 6.45) is 14.7. The molecule has 2 unspecified atom stereocenters. The molecule has 0 bridgehead atoms. The minimum absolute atomic E-state index is 0. The van der Waals surface area contributed by atoms with Crippen LogP contribution in [0.1, 0.15) is 153 Å². The van der Waals surface area contributed by atoms with Crippen LogP contribution in [0.25, 0.3) is 0 Å². The van der Waals surface area contributed by atoms with Gasteiger partial charge in [-0.15, -0.1) is 0 Å². The Morgan fingerprint density at radius 2 is 1.15 bits per heavy atom.